The minimum atomic E-state index is -5.02. The number of anilines is 3. The van der Waals surface area contributed by atoms with Crippen LogP contribution in [0.5, 0.6) is 5.75 Å². The number of pyridine rings is 1. The van der Waals surface area contributed by atoms with Gasteiger partial charge in [-0.25, -0.2) is 15.0 Å². The number of nitrogens with zero attached hydrogens (tertiary/aromatic N) is 4. The second kappa shape index (κ2) is 9.10. The Morgan fingerprint density at radius 3 is 2.65 bits per heavy atom. The molecule has 1 aliphatic carbocycles. The van der Waals surface area contributed by atoms with Crippen molar-refractivity contribution >= 4 is 40.3 Å². The van der Waals surface area contributed by atoms with Crippen LogP contribution in [0, 0.1) is 5.92 Å². The van der Waals surface area contributed by atoms with Crippen LogP contribution in [-0.2, 0) is 6.54 Å². The molecule has 0 unspecified atom stereocenters. The van der Waals surface area contributed by atoms with Gasteiger partial charge in [-0.3, -0.25) is 9.59 Å². The van der Waals surface area contributed by atoms with Crippen LogP contribution in [0.25, 0.3) is 22.4 Å². The number of alkyl halides is 3. The number of fused-ring (bicyclic) bond motifs is 2. The van der Waals surface area contributed by atoms with E-state index in [1.165, 1.54) is 18.5 Å². The summed E-state index contributed by atoms with van der Waals surface area (Å²) in [6.07, 6.45) is -0.368. The van der Waals surface area contributed by atoms with Gasteiger partial charge in [-0.1, -0.05) is 0 Å². The third-order valence-electron chi connectivity index (χ3n) is 7.12. The molecule has 40 heavy (non-hydrogen) atoms. The number of nitrogens with two attached hydrogens (primary N) is 2. The van der Waals surface area contributed by atoms with E-state index < -0.39 is 23.9 Å². The Bertz CT molecular complexity index is 1660. The minimum Gasteiger partial charge on any atom is -0.405 e. The number of H-pyrrole nitrogens is 1. The third-order valence-corrected chi connectivity index (χ3v) is 7.12. The van der Waals surface area contributed by atoms with Crippen molar-refractivity contribution in [3.05, 3.63) is 53.3 Å². The zero-order chi connectivity index (χ0) is 28.3. The minimum absolute atomic E-state index is 0.00148. The van der Waals surface area contributed by atoms with Crippen LogP contribution in [0.3, 0.4) is 0 Å². The number of halogens is 3. The smallest absolute Gasteiger partial charge is 0.405 e. The van der Waals surface area contributed by atoms with Crippen molar-refractivity contribution < 1.29 is 27.5 Å². The van der Waals surface area contributed by atoms with Crippen LogP contribution in [0.4, 0.5) is 30.5 Å². The number of nitrogens with one attached hydrogen (secondary N) is 2. The van der Waals surface area contributed by atoms with Gasteiger partial charge in [0.15, 0.2) is 5.65 Å². The van der Waals surface area contributed by atoms with Crippen molar-refractivity contribution in [3.63, 3.8) is 0 Å². The number of carbonyl (C=O) groups excluding carboxylic acids is 2. The molecule has 1 aliphatic heterocycles. The summed E-state index contributed by atoms with van der Waals surface area (Å²) in [5.74, 6) is -1.12. The van der Waals surface area contributed by atoms with E-state index in [9.17, 15) is 22.8 Å². The lowest BCUT2D eigenvalue weighted by molar-refractivity contribution is -0.274. The summed E-state index contributed by atoms with van der Waals surface area (Å²) in [7, 11) is 0. The van der Waals surface area contributed by atoms with Crippen molar-refractivity contribution in [1.29, 1.82) is 0 Å². The van der Waals surface area contributed by atoms with E-state index in [1.54, 1.807) is 17.0 Å². The lowest BCUT2D eigenvalue weighted by Gasteiger charge is -2.24. The number of benzene rings is 1. The Morgan fingerprint density at radius 1 is 1.20 bits per heavy atom. The predicted octanol–water partition coefficient (Wildman–Crippen LogP) is 4.09. The molecule has 1 aromatic carbocycles. The van der Waals surface area contributed by atoms with Gasteiger partial charge in [0.05, 0.1) is 29.3 Å². The molecule has 2 aliphatic rings. The first-order valence-electron chi connectivity index (χ1n) is 12.4. The number of hydrogen-bond donors (Lipinski definition) is 4. The standard InChI is InChI=1S/C26H23F3N8O3/c1-11(12-2-3-12)37-10-14-6-13(7-17(19(14)25(37)39)40-26(27,28)29)16-9-33-23-21(35-16)20(22(31)36-23)24(38)34-15-4-5-18(30)32-8-15/h4-9,11-12H,2-3,10,31H2,1H3,(H2,30,32)(H,33,36)(H,34,38)/t11-/m0/s1. The van der Waals surface area contributed by atoms with E-state index in [2.05, 4.69) is 30.0 Å². The molecular formula is C26H23F3N8O3. The highest BCUT2D eigenvalue weighted by Gasteiger charge is 2.42. The van der Waals surface area contributed by atoms with Crippen molar-refractivity contribution in [2.45, 2.75) is 38.7 Å². The summed E-state index contributed by atoms with van der Waals surface area (Å²) in [6.45, 7) is 2.04. The Hall–Kier alpha value is -4.88. The predicted molar refractivity (Wildman–Crippen MR) is 139 cm³/mol. The molecule has 0 saturated heterocycles. The molecule has 2 amide bonds. The molecule has 1 fully saturated rings. The zero-order valence-electron chi connectivity index (χ0n) is 21.0. The fourth-order valence-electron chi connectivity index (χ4n) is 4.97. The van der Waals surface area contributed by atoms with Gasteiger partial charge >= 0.3 is 6.36 Å². The first kappa shape index (κ1) is 25.4. The first-order valence-corrected chi connectivity index (χ1v) is 12.4. The van der Waals surface area contributed by atoms with Crippen LogP contribution in [0.15, 0.2) is 36.7 Å². The number of ether oxygens (including phenoxy) is 1. The number of aromatic amines is 1. The molecule has 6 rings (SSSR count). The molecular weight excluding hydrogens is 529 g/mol. The van der Waals surface area contributed by atoms with Crippen LogP contribution in [0.1, 0.15) is 46.0 Å². The van der Waals surface area contributed by atoms with Gasteiger partial charge in [0.1, 0.15) is 28.5 Å². The van der Waals surface area contributed by atoms with Crippen molar-refractivity contribution in [2.24, 2.45) is 5.92 Å². The summed E-state index contributed by atoms with van der Waals surface area (Å²) in [6, 6.07) is 5.67. The monoisotopic (exact) mass is 552 g/mol. The van der Waals surface area contributed by atoms with Gasteiger partial charge in [-0.05, 0) is 55.5 Å². The Morgan fingerprint density at radius 2 is 1.98 bits per heavy atom. The van der Waals surface area contributed by atoms with E-state index in [4.69, 9.17) is 11.5 Å². The summed E-state index contributed by atoms with van der Waals surface area (Å²) in [5, 5.41) is 2.65. The van der Waals surface area contributed by atoms with Gasteiger partial charge < -0.3 is 31.4 Å². The average Bonchev–Trinajstić information content (AvgIpc) is 3.61. The van der Waals surface area contributed by atoms with Crippen LogP contribution >= 0.6 is 0 Å². The number of nitrogen functional groups attached to an aromatic ring is 2. The topological polar surface area (TPSA) is 165 Å². The average molecular weight is 553 g/mol. The molecule has 4 aromatic rings. The SMILES string of the molecule is C[C@@H](C1CC1)N1Cc2cc(-c3cnc4[nH]c(N)c(C(=O)Nc5ccc(N)nc5)c4n3)cc(OC(F)(F)F)c2C1=O. The van der Waals surface area contributed by atoms with Crippen molar-refractivity contribution in [2.75, 3.05) is 16.8 Å². The fraction of sp³-hybridized carbons (Fsp3) is 0.269. The quantitative estimate of drug-likeness (QED) is 0.278. The first-order chi connectivity index (χ1) is 19.0. The molecule has 11 nitrogen and oxygen atoms in total. The molecule has 1 atom stereocenters. The molecule has 1 saturated carbocycles. The Labute approximate surface area is 224 Å². The van der Waals surface area contributed by atoms with Gasteiger partial charge in [-0.15, -0.1) is 13.2 Å². The van der Waals surface area contributed by atoms with Gasteiger partial charge in [-0.2, -0.15) is 0 Å². The van der Waals surface area contributed by atoms with Crippen LogP contribution in [0.2, 0.25) is 0 Å². The molecule has 3 aromatic heterocycles. The summed E-state index contributed by atoms with van der Waals surface area (Å²) < 4.78 is 44.4. The molecule has 0 bridgehead atoms. The normalized spacial score (nSPS) is 15.8. The Kier molecular flexibility index (Phi) is 5.78. The second-order valence-electron chi connectivity index (χ2n) is 9.86. The number of rotatable bonds is 6. The number of hydrogen-bond acceptors (Lipinski definition) is 8. The highest BCUT2D eigenvalue weighted by atomic mass is 19.4. The Balaban J connectivity index is 1.40. The van der Waals surface area contributed by atoms with Gasteiger partial charge in [0.2, 0.25) is 0 Å². The fourth-order valence-corrected chi connectivity index (χ4v) is 4.97. The molecule has 4 heterocycles. The summed E-state index contributed by atoms with van der Waals surface area (Å²) >= 11 is 0. The van der Waals surface area contributed by atoms with Gasteiger partial charge in [0.25, 0.3) is 11.8 Å². The number of carbonyl (C=O) groups is 2. The van der Waals surface area contributed by atoms with Gasteiger partial charge in [0, 0.05) is 18.2 Å². The molecule has 0 spiro atoms. The van der Waals surface area contributed by atoms with Crippen LogP contribution < -0.4 is 21.5 Å². The van der Waals surface area contributed by atoms with E-state index in [1.807, 2.05) is 6.92 Å². The molecule has 6 N–H and O–H groups in total. The summed E-state index contributed by atoms with van der Waals surface area (Å²) in [5.41, 5.74) is 13.0. The van der Waals surface area contributed by atoms with E-state index in [0.29, 0.717) is 17.2 Å². The third kappa shape index (κ3) is 4.61. The van der Waals surface area contributed by atoms with Crippen molar-refractivity contribution in [1.82, 2.24) is 24.8 Å². The number of amides is 2. The molecule has 0 radical (unpaired) electrons. The maximum absolute atomic E-state index is 13.4. The maximum atomic E-state index is 13.4. The largest absolute Gasteiger partial charge is 0.573 e. The van der Waals surface area contributed by atoms with E-state index >= 15 is 0 Å². The zero-order valence-corrected chi connectivity index (χ0v) is 21.0. The second-order valence-corrected chi connectivity index (χ2v) is 9.86. The van der Waals surface area contributed by atoms with E-state index in [0.717, 1.165) is 18.9 Å². The lowest BCUT2D eigenvalue weighted by Crippen LogP contribution is -2.34. The van der Waals surface area contributed by atoms with Crippen molar-refractivity contribution in [3.8, 4) is 17.0 Å². The summed E-state index contributed by atoms with van der Waals surface area (Å²) in [4.78, 5) is 43.3. The highest BCUT2D eigenvalue weighted by molar-refractivity contribution is 6.15. The van der Waals surface area contributed by atoms with E-state index in [-0.39, 0.29) is 57.8 Å². The lowest BCUT2D eigenvalue weighted by atomic mass is 10.0. The van der Waals surface area contributed by atoms with Crippen LogP contribution in [-0.4, -0.2) is 49.1 Å². The highest BCUT2D eigenvalue weighted by Crippen LogP contribution is 2.42. The molecule has 14 heteroatoms. The number of aromatic nitrogens is 4. The maximum Gasteiger partial charge on any atom is 0.573 e. The molecule has 206 valence electrons.